The number of nitrogens with zero attached hydrogens (tertiary/aromatic N) is 1. The van der Waals surface area contributed by atoms with Gasteiger partial charge in [0, 0.05) is 25.2 Å². The van der Waals surface area contributed by atoms with Gasteiger partial charge in [-0.1, -0.05) is 42.5 Å². The van der Waals surface area contributed by atoms with Crippen molar-refractivity contribution in [1.82, 2.24) is 9.62 Å². The molecule has 0 saturated carbocycles. The minimum atomic E-state index is -3.74. The zero-order valence-corrected chi connectivity index (χ0v) is 22.0. The third-order valence-corrected chi connectivity index (χ3v) is 8.45. The summed E-state index contributed by atoms with van der Waals surface area (Å²) < 4.78 is 37.6. The van der Waals surface area contributed by atoms with E-state index >= 15 is 0 Å². The first-order valence-corrected chi connectivity index (χ1v) is 14.2. The van der Waals surface area contributed by atoms with E-state index in [1.54, 1.807) is 17.5 Å². The summed E-state index contributed by atoms with van der Waals surface area (Å²) >= 11 is 1.24. The van der Waals surface area contributed by atoms with Gasteiger partial charge in [0.1, 0.15) is 6.04 Å². The average molecular weight is 558 g/mol. The van der Waals surface area contributed by atoms with E-state index in [1.807, 2.05) is 30.3 Å². The Morgan fingerprint density at radius 3 is 2.47 bits per heavy atom. The van der Waals surface area contributed by atoms with E-state index in [0.29, 0.717) is 18.1 Å². The number of carbonyl (C=O) groups excluding carboxylic acids is 3. The lowest BCUT2D eigenvalue weighted by Gasteiger charge is -2.26. The topological polar surface area (TPSA) is 131 Å². The highest BCUT2D eigenvalue weighted by atomic mass is 32.2. The Labute approximate surface area is 224 Å². The number of benzene rings is 2. The molecule has 0 radical (unpaired) electrons. The van der Waals surface area contributed by atoms with Gasteiger partial charge >= 0.3 is 5.97 Å². The van der Waals surface area contributed by atoms with Crippen molar-refractivity contribution in [3.63, 3.8) is 0 Å². The quantitative estimate of drug-likeness (QED) is 0.366. The Bertz CT molecular complexity index is 1360. The molecule has 2 N–H and O–H groups in total. The molecule has 1 aliphatic heterocycles. The second-order valence-electron chi connectivity index (χ2n) is 8.39. The Hall–Kier alpha value is -3.58. The molecule has 1 atom stereocenters. The molecule has 0 aliphatic carbocycles. The van der Waals surface area contributed by atoms with Crippen LogP contribution in [0, 0.1) is 0 Å². The average Bonchev–Trinajstić information content (AvgIpc) is 3.48. The highest BCUT2D eigenvalue weighted by molar-refractivity contribution is 7.89. The van der Waals surface area contributed by atoms with Crippen LogP contribution in [-0.4, -0.2) is 69.5 Å². The molecular formula is C26H27N3O7S2. The van der Waals surface area contributed by atoms with Gasteiger partial charge in [-0.05, 0) is 35.2 Å². The molecule has 1 aliphatic rings. The van der Waals surface area contributed by atoms with E-state index in [4.69, 9.17) is 9.47 Å². The Kier molecular flexibility index (Phi) is 9.24. The number of thiophene rings is 1. The third-order valence-electron chi connectivity index (χ3n) is 5.69. The van der Waals surface area contributed by atoms with Crippen LogP contribution in [0.3, 0.4) is 0 Å². The molecule has 4 rings (SSSR count). The van der Waals surface area contributed by atoms with Crippen LogP contribution in [0.4, 0.5) is 5.69 Å². The van der Waals surface area contributed by atoms with Crippen LogP contribution in [0.5, 0.6) is 0 Å². The Morgan fingerprint density at radius 2 is 1.76 bits per heavy atom. The number of hydrogen-bond acceptors (Lipinski definition) is 8. The lowest BCUT2D eigenvalue weighted by atomic mass is 10.1. The molecule has 2 aromatic carbocycles. The van der Waals surface area contributed by atoms with Gasteiger partial charge in [-0.3, -0.25) is 9.59 Å². The van der Waals surface area contributed by atoms with E-state index < -0.39 is 40.5 Å². The first-order valence-electron chi connectivity index (χ1n) is 11.9. The zero-order chi connectivity index (χ0) is 27.0. The van der Waals surface area contributed by atoms with E-state index in [2.05, 4.69) is 10.6 Å². The lowest BCUT2D eigenvalue weighted by Crippen LogP contribution is -2.43. The van der Waals surface area contributed by atoms with Crippen molar-refractivity contribution in [3.8, 4) is 0 Å². The monoisotopic (exact) mass is 557 g/mol. The van der Waals surface area contributed by atoms with Crippen molar-refractivity contribution < 1.29 is 32.3 Å². The number of nitrogens with one attached hydrogen (secondary N) is 2. The Morgan fingerprint density at radius 1 is 1.00 bits per heavy atom. The second-order valence-corrected chi connectivity index (χ2v) is 11.3. The van der Waals surface area contributed by atoms with Crippen molar-refractivity contribution in [1.29, 1.82) is 0 Å². The van der Waals surface area contributed by atoms with E-state index in [-0.39, 0.29) is 30.1 Å². The van der Waals surface area contributed by atoms with Crippen LogP contribution in [0.15, 0.2) is 77.0 Å². The molecule has 38 heavy (non-hydrogen) atoms. The molecule has 10 nitrogen and oxygen atoms in total. The summed E-state index contributed by atoms with van der Waals surface area (Å²) in [4.78, 5) is 38.4. The maximum absolute atomic E-state index is 12.9. The molecular weight excluding hydrogens is 530 g/mol. The lowest BCUT2D eigenvalue weighted by molar-refractivity contribution is -0.149. The van der Waals surface area contributed by atoms with Gasteiger partial charge < -0.3 is 20.1 Å². The van der Waals surface area contributed by atoms with Crippen LogP contribution in [0.2, 0.25) is 0 Å². The van der Waals surface area contributed by atoms with Gasteiger partial charge in [0.05, 0.1) is 23.0 Å². The normalized spacial score (nSPS) is 14.8. The maximum atomic E-state index is 12.9. The number of esters is 1. The summed E-state index contributed by atoms with van der Waals surface area (Å²) in [6.45, 7) is 0.531. The molecule has 1 aromatic heterocycles. The highest BCUT2D eigenvalue weighted by Gasteiger charge is 2.27. The van der Waals surface area contributed by atoms with E-state index in [9.17, 15) is 22.8 Å². The molecule has 3 aromatic rings. The maximum Gasteiger partial charge on any atom is 0.329 e. The number of carbonyl (C=O) groups is 3. The second kappa shape index (κ2) is 12.8. The van der Waals surface area contributed by atoms with Crippen LogP contribution in [-0.2, 0) is 35.5 Å². The first-order chi connectivity index (χ1) is 18.3. The van der Waals surface area contributed by atoms with Gasteiger partial charge in [-0.2, -0.15) is 4.31 Å². The standard InChI is InChI=1S/C26H27N3O7S2/c30-24(27-20-8-4-9-21(17-20)38(33,34)29-11-13-35-14-12-29)18-36-26(32)22(16-19-6-2-1-3-7-19)28-25(31)23-10-5-15-37-23/h1-10,15,17,22H,11-14,16,18H2,(H,27,30)(H,28,31). The predicted octanol–water partition coefficient (Wildman–Crippen LogP) is 2.29. The largest absolute Gasteiger partial charge is 0.454 e. The fourth-order valence-electron chi connectivity index (χ4n) is 3.78. The number of amides is 2. The van der Waals surface area contributed by atoms with Crippen LogP contribution >= 0.6 is 11.3 Å². The Balaban J connectivity index is 1.37. The van der Waals surface area contributed by atoms with Crippen LogP contribution < -0.4 is 10.6 Å². The molecule has 1 fully saturated rings. The zero-order valence-electron chi connectivity index (χ0n) is 20.4. The molecule has 1 saturated heterocycles. The van der Waals surface area contributed by atoms with Gasteiger partial charge in [0.2, 0.25) is 10.0 Å². The predicted molar refractivity (Wildman–Crippen MR) is 141 cm³/mol. The number of morpholine rings is 1. The number of hydrogen-bond donors (Lipinski definition) is 2. The van der Waals surface area contributed by atoms with Crippen molar-refractivity contribution in [2.75, 3.05) is 38.2 Å². The molecule has 2 amide bonds. The van der Waals surface area contributed by atoms with Gasteiger partial charge in [-0.25, -0.2) is 13.2 Å². The smallest absolute Gasteiger partial charge is 0.329 e. The van der Waals surface area contributed by atoms with Crippen molar-refractivity contribution in [2.45, 2.75) is 17.4 Å². The molecule has 12 heteroatoms. The van der Waals surface area contributed by atoms with Crippen molar-refractivity contribution >= 4 is 44.8 Å². The number of sulfonamides is 1. The number of ether oxygens (including phenoxy) is 2. The summed E-state index contributed by atoms with van der Waals surface area (Å²) in [5.41, 5.74) is 1.05. The first kappa shape index (κ1) is 27.5. The molecule has 0 spiro atoms. The van der Waals surface area contributed by atoms with Gasteiger partial charge in [0.25, 0.3) is 11.8 Å². The van der Waals surface area contributed by atoms with Crippen molar-refractivity contribution in [3.05, 3.63) is 82.6 Å². The van der Waals surface area contributed by atoms with Crippen LogP contribution in [0.25, 0.3) is 0 Å². The SMILES string of the molecule is O=C(COC(=O)C(Cc1ccccc1)NC(=O)c1cccs1)Nc1cccc(S(=O)(=O)N2CCOCC2)c1. The fraction of sp³-hybridized carbons (Fsp3) is 0.269. The third kappa shape index (κ3) is 7.25. The molecule has 1 unspecified atom stereocenters. The molecule has 0 bridgehead atoms. The van der Waals surface area contributed by atoms with Gasteiger partial charge in [-0.15, -0.1) is 11.3 Å². The number of anilines is 1. The minimum Gasteiger partial charge on any atom is -0.454 e. The minimum absolute atomic E-state index is 0.0356. The van der Waals surface area contributed by atoms with Crippen LogP contribution in [0.1, 0.15) is 15.2 Å². The highest BCUT2D eigenvalue weighted by Crippen LogP contribution is 2.20. The summed E-state index contributed by atoms with van der Waals surface area (Å²) in [7, 11) is -3.74. The summed E-state index contributed by atoms with van der Waals surface area (Å²) in [6.07, 6.45) is 0.180. The van der Waals surface area contributed by atoms with Gasteiger partial charge in [0.15, 0.2) is 6.61 Å². The van der Waals surface area contributed by atoms with Crippen molar-refractivity contribution in [2.24, 2.45) is 0 Å². The molecule has 200 valence electrons. The van der Waals surface area contributed by atoms with E-state index in [0.717, 1.165) is 5.56 Å². The van der Waals surface area contributed by atoms with E-state index in [1.165, 1.54) is 39.9 Å². The summed E-state index contributed by atoms with van der Waals surface area (Å²) in [6, 6.07) is 17.3. The molecule has 2 heterocycles. The summed E-state index contributed by atoms with van der Waals surface area (Å²) in [5, 5.41) is 6.99. The summed E-state index contributed by atoms with van der Waals surface area (Å²) in [5.74, 6) is -1.83. The fourth-order valence-corrected chi connectivity index (χ4v) is 5.87. The number of rotatable bonds is 10.